The number of nitrogen functional groups attached to an aromatic ring is 1. The van der Waals surface area contributed by atoms with Crippen molar-refractivity contribution in [3.63, 3.8) is 0 Å². The zero-order valence-corrected chi connectivity index (χ0v) is 9.74. The number of aromatic nitrogens is 3. The molecule has 4 nitrogen and oxygen atoms in total. The van der Waals surface area contributed by atoms with E-state index in [1.807, 2.05) is 23.9 Å². The van der Waals surface area contributed by atoms with Crippen LogP contribution in [0.5, 0.6) is 0 Å². The first-order valence-electron chi connectivity index (χ1n) is 4.98. The summed E-state index contributed by atoms with van der Waals surface area (Å²) in [5, 5.41) is 7.40. The Labute approximate surface area is 98.3 Å². The summed E-state index contributed by atoms with van der Waals surface area (Å²) in [6.45, 7) is 2.13. The van der Waals surface area contributed by atoms with Crippen LogP contribution >= 0.6 is 11.8 Å². The molecule has 0 aliphatic rings. The van der Waals surface area contributed by atoms with Gasteiger partial charge in [-0.1, -0.05) is 19.1 Å². The number of hydrogen-bond donors (Lipinski definition) is 1. The lowest BCUT2D eigenvalue weighted by Gasteiger charge is -2.02. The third-order valence-electron chi connectivity index (χ3n) is 2.04. The molecule has 1 heterocycles. The van der Waals surface area contributed by atoms with Crippen LogP contribution in [0.25, 0.3) is 11.3 Å². The quantitative estimate of drug-likeness (QED) is 0.822. The van der Waals surface area contributed by atoms with Crippen molar-refractivity contribution >= 4 is 17.7 Å². The summed E-state index contributed by atoms with van der Waals surface area (Å²) in [5.74, 6) is 1.27. The van der Waals surface area contributed by atoms with E-state index in [4.69, 9.17) is 5.73 Å². The van der Waals surface area contributed by atoms with Crippen LogP contribution in [0.15, 0.2) is 35.4 Å². The number of nitrogens with zero attached hydrogens (tertiary/aromatic N) is 3. The summed E-state index contributed by atoms with van der Waals surface area (Å²) in [6.07, 6.45) is 1.61. The minimum Gasteiger partial charge on any atom is -0.366 e. The number of thioether (sulfide) groups is 1. The summed E-state index contributed by atoms with van der Waals surface area (Å²) in [6, 6.07) is 8.17. The summed E-state index contributed by atoms with van der Waals surface area (Å²) in [4.78, 5) is 5.37. The van der Waals surface area contributed by atoms with E-state index < -0.39 is 0 Å². The van der Waals surface area contributed by atoms with Crippen molar-refractivity contribution in [3.05, 3.63) is 30.5 Å². The smallest absolute Gasteiger partial charge is 0.240 e. The average Bonchev–Trinajstić information content (AvgIpc) is 2.30. The lowest BCUT2D eigenvalue weighted by molar-refractivity contribution is 0.990. The normalized spacial score (nSPS) is 10.3. The zero-order valence-electron chi connectivity index (χ0n) is 8.92. The minimum atomic E-state index is 0.199. The second-order valence-corrected chi connectivity index (χ2v) is 4.49. The van der Waals surface area contributed by atoms with Crippen LogP contribution in [0, 0.1) is 0 Å². The Hall–Kier alpha value is -1.62. The largest absolute Gasteiger partial charge is 0.366 e. The van der Waals surface area contributed by atoms with Gasteiger partial charge in [-0.3, -0.25) is 0 Å². The molecule has 16 heavy (non-hydrogen) atoms. The molecule has 1 aromatic carbocycles. The van der Waals surface area contributed by atoms with Gasteiger partial charge in [0.2, 0.25) is 5.95 Å². The van der Waals surface area contributed by atoms with Gasteiger partial charge in [0.15, 0.2) is 0 Å². The molecule has 0 atom stereocenters. The van der Waals surface area contributed by atoms with Crippen molar-refractivity contribution in [1.82, 2.24) is 15.2 Å². The lowest BCUT2D eigenvalue weighted by atomic mass is 10.2. The summed E-state index contributed by atoms with van der Waals surface area (Å²) < 4.78 is 0. The lowest BCUT2D eigenvalue weighted by Crippen LogP contribution is -1.97. The molecule has 0 amide bonds. The zero-order chi connectivity index (χ0) is 11.4. The van der Waals surface area contributed by atoms with Gasteiger partial charge in [-0.05, 0) is 17.9 Å². The van der Waals surface area contributed by atoms with Gasteiger partial charge in [0, 0.05) is 10.5 Å². The molecule has 82 valence electrons. The van der Waals surface area contributed by atoms with Gasteiger partial charge in [0.25, 0.3) is 0 Å². The van der Waals surface area contributed by atoms with Crippen LogP contribution in [0.2, 0.25) is 0 Å². The highest BCUT2D eigenvalue weighted by Gasteiger charge is 2.01. The third-order valence-corrected chi connectivity index (χ3v) is 2.93. The van der Waals surface area contributed by atoms with Crippen molar-refractivity contribution in [2.45, 2.75) is 11.8 Å². The first kappa shape index (κ1) is 10.9. The van der Waals surface area contributed by atoms with Crippen LogP contribution in [0.1, 0.15) is 6.92 Å². The maximum Gasteiger partial charge on any atom is 0.240 e. The standard InChI is InChI=1S/C11H12N4S/c1-2-16-9-5-3-8(4-6-9)10-7-13-15-11(12)14-10/h3-7H,2H2,1H3,(H2,12,14,15). The van der Waals surface area contributed by atoms with Crippen molar-refractivity contribution in [3.8, 4) is 11.3 Å². The number of benzene rings is 1. The van der Waals surface area contributed by atoms with Crippen molar-refractivity contribution in [2.75, 3.05) is 11.5 Å². The summed E-state index contributed by atoms with van der Waals surface area (Å²) in [5.41, 5.74) is 7.24. The SMILES string of the molecule is CCSc1ccc(-c2cnnc(N)n2)cc1. The fourth-order valence-electron chi connectivity index (χ4n) is 1.35. The Balaban J connectivity index is 2.27. The van der Waals surface area contributed by atoms with Gasteiger partial charge >= 0.3 is 0 Å². The van der Waals surface area contributed by atoms with Gasteiger partial charge in [0.1, 0.15) is 0 Å². The highest BCUT2D eigenvalue weighted by Crippen LogP contribution is 2.22. The topological polar surface area (TPSA) is 64.7 Å². The van der Waals surface area contributed by atoms with Crippen LogP contribution < -0.4 is 5.73 Å². The monoisotopic (exact) mass is 232 g/mol. The van der Waals surface area contributed by atoms with E-state index in [1.54, 1.807) is 6.20 Å². The first-order valence-corrected chi connectivity index (χ1v) is 5.96. The molecule has 2 N–H and O–H groups in total. The Morgan fingerprint density at radius 1 is 1.25 bits per heavy atom. The Morgan fingerprint density at radius 2 is 2.00 bits per heavy atom. The van der Waals surface area contributed by atoms with Crippen LogP contribution in [0.3, 0.4) is 0 Å². The molecule has 0 aliphatic heterocycles. The molecule has 0 radical (unpaired) electrons. The molecule has 2 aromatic rings. The highest BCUT2D eigenvalue weighted by molar-refractivity contribution is 7.99. The van der Waals surface area contributed by atoms with Crippen LogP contribution in [-0.2, 0) is 0 Å². The van der Waals surface area contributed by atoms with Gasteiger partial charge in [-0.25, -0.2) is 4.98 Å². The minimum absolute atomic E-state index is 0.199. The van der Waals surface area contributed by atoms with Crippen molar-refractivity contribution < 1.29 is 0 Å². The van der Waals surface area contributed by atoms with Crippen molar-refractivity contribution in [1.29, 1.82) is 0 Å². The molecular formula is C11H12N4S. The first-order chi connectivity index (χ1) is 7.79. The molecule has 0 fully saturated rings. The predicted molar refractivity (Wildman–Crippen MR) is 66.1 cm³/mol. The van der Waals surface area contributed by atoms with Crippen LogP contribution in [0.4, 0.5) is 5.95 Å². The predicted octanol–water partition coefficient (Wildman–Crippen LogP) is 2.23. The fourth-order valence-corrected chi connectivity index (χ4v) is 2.01. The summed E-state index contributed by atoms with van der Waals surface area (Å²) >= 11 is 1.81. The number of anilines is 1. The van der Waals surface area contributed by atoms with Crippen LogP contribution in [-0.4, -0.2) is 20.9 Å². The van der Waals surface area contributed by atoms with E-state index in [-0.39, 0.29) is 5.95 Å². The molecular weight excluding hydrogens is 220 g/mol. The molecule has 5 heteroatoms. The molecule has 2 rings (SSSR count). The Bertz CT molecular complexity index is 470. The van der Waals surface area contributed by atoms with E-state index in [0.717, 1.165) is 17.0 Å². The maximum absolute atomic E-state index is 5.48. The highest BCUT2D eigenvalue weighted by atomic mass is 32.2. The van der Waals surface area contributed by atoms with Gasteiger partial charge in [-0.2, -0.15) is 5.10 Å². The molecule has 1 aromatic heterocycles. The van der Waals surface area contributed by atoms with Gasteiger partial charge in [-0.15, -0.1) is 16.9 Å². The van der Waals surface area contributed by atoms with E-state index in [1.165, 1.54) is 4.90 Å². The molecule has 0 saturated heterocycles. The third kappa shape index (κ3) is 2.49. The maximum atomic E-state index is 5.48. The van der Waals surface area contributed by atoms with E-state index in [9.17, 15) is 0 Å². The summed E-state index contributed by atoms with van der Waals surface area (Å²) in [7, 11) is 0. The Morgan fingerprint density at radius 3 is 2.62 bits per heavy atom. The van der Waals surface area contributed by atoms with E-state index in [2.05, 4.69) is 34.2 Å². The number of hydrogen-bond acceptors (Lipinski definition) is 5. The molecule has 0 bridgehead atoms. The Kier molecular flexibility index (Phi) is 3.36. The average molecular weight is 232 g/mol. The second kappa shape index (κ2) is 4.94. The van der Waals surface area contributed by atoms with Gasteiger partial charge < -0.3 is 5.73 Å². The molecule has 0 unspecified atom stereocenters. The number of rotatable bonds is 3. The number of nitrogens with two attached hydrogens (primary N) is 1. The second-order valence-electron chi connectivity index (χ2n) is 3.16. The van der Waals surface area contributed by atoms with Gasteiger partial charge in [0.05, 0.1) is 11.9 Å². The fraction of sp³-hybridized carbons (Fsp3) is 0.182. The van der Waals surface area contributed by atoms with Crippen molar-refractivity contribution in [2.24, 2.45) is 0 Å². The molecule has 0 aliphatic carbocycles. The molecule has 0 spiro atoms. The van der Waals surface area contributed by atoms with E-state index in [0.29, 0.717) is 0 Å². The molecule has 0 saturated carbocycles. The van der Waals surface area contributed by atoms with E-state index >= 15 is 0 Å².